The molecule has 3 rings (SSSR count). The third-order valence-corrected chi connectivity index (χ3v) is 8.90. The van der Waals surface area contributed by atoms with Crippen molar-refractivity contribution in [2.45, 2.75) is 52.3 Å². The van der Waals surface area contributed by atoms with Gasteiger partial charge in [0.2, 0.25) is 19.7 Å². The van der Waals surface area contributed by atoms with Crippen LogP contribution in [-0.2, 0) is 19.7 Å². The number of rotatable bonds is 4. The zero-order chi connectivity index (χ0) is 18.9. The van der Waals surface area contributed by atoms with Crippen molar-refractivity contribution in [1.29, 1.82) is 0 Å². The number of H-pyrrole nitrogens is 1. The van der Waals surface area contributed by atoms with Gasteiger partial charge in [-0.25, -0.2) is 16.8 Å². The van der Waals surface area contributed by atoms with Gasteiger partial charge in [-0.2, -0.15) is 0 Å². The quantitative estimate of drug-likeness (QED) is 0.769. The fraction of sp³-hybridized carbons (Fsp3) is 0.375. The normalized spacial score (nSPS) is 16.5. The van der Waals surface area contributed by atoms with Gasteiger partial charge < -0.3 is 0 Å². The summed E-state index contributed by atoms with van der Waals surface area (Å²) in [5.41, 5.74) is 0. The fourth-order valence-corrected chi connectivity index (χ4v) is 6.63. The first-order valence-corrected chi connectivity index (χ1v) is 11.5. The molecule has 0 aliphatic heterocycles. The molecule has 10 heteroatoms. The first kappa shape index (κ1) is 19.1. The summed E-state index contributed by atoms with van der Waals surface area (Å²) in [6.07, 6.45) is 3.57. The number of nitrogens with zero attached hydrogens (tertiary/aromatic N) is 1. The molecule has 7 nitrogen and oxygen atoms in total. The van der Waals surface area contributed by atoms with Gasteiger partial charge in [0.25, 0.3) is 0 Å². The summed E-state index contributed by atoms with van der Waals surface area (Å²) in [7, 11) is -7.91. The van der Waals surface area contributed by atoms with Gasteiger partial charge in [-0.15, -0.1) is 5.10 Å². The van der Waals surface area contributed by atoms with Gasteiger partial charge in [0.05, 0.1) is 20.1 Å². The van der Waals surface area contributed by atoms with E-state index in [2.05, 4.69) is 5.10 Å². The Hall–Kier alpha value is -1.71. The van der Waals surface area contributed by atoms with Crippen molar-refractivity contribution in [3.05, 3.63) is 46.3 Å². The smallest absolute Gasteiger partial charge is 0.217 e. The molecule has 1 N–H and O–H groups in total. The Balaban J connectivity index is 2.03. The van der Waals surface area contributed by atoms with Crippen LogP contribution in [-0.4, -0.2) is 27.2 Å². The zero-order valence-electron chi connectivity index (χ0n) is 13.8. The highest BCUT2D eigenvalue weighted by Crippen LogP contribution is 2.28. The minimum atomic E-state index is -4.08. The van der Waals surface area contributed by atoms with Gasteiger partial charge in [0.15, 0.2) is 9.57 Å². The molecule has 1 aliphatic carbocycles. The van der Waals surface area contributed by atoms with Crippen LogP contribution >= 0.6 is 11.6 Å². The molecule has 0 atom stereocenters. The number of nitrogens with one attached hydrogen (secondary N) is 1. The molecule has 0 spiro atoms. The van der Waals surface area contributed by atoms with Gasteiger partial charge in [-0.1, -0.05) is 43.0 Å². The van der Waals surface area contributed by atoms with E-state index in [4.69, 9.17) is 11.6 Å². The van der Waals surface area contributed by atoms with Gasteiger partial charge in [-0.3, -0.25) is 0 Å². The summed E-state index contributed by atoms with van der Waals surface area (Å²) in [5.74, 6) is 0. The summed E-state index contributed by atoms with van der Waals surface area (Å²) in [5, 5.41) is 0.621. The maximum Gasteiger partial charge on any atom is 0.382 e. The fourth-order valence-electron chi connectivity index (χ4n) is 3.09. The van der Waals surface area contributed by atoms with Gasteiger partial charge in [0, 0.05) is 6.07 Å². The third kappa shape index (κ3) is 3.43. The van der Waals surface area contributed by atoms with Gasteiger partial charge in [0.1, 0.15) is 0 Å². The van der Waals surface area contributed by atoms with E-state index >= 15 is 0 Å². The lowest BCUT2D eigenvalue weighted by Gasteiger charge is -2.18. The minimum absolute atomic E-state index is 0.00761. The Labute approximate surface area is 156 Å². The summed E-state index contributed by atoms with van der Waals surface area (Å²) >= 11 is 5.93. The Kier molecular flexibility index (Phi) is 5.23. The van der Waals surface area contributed by atoms with Crippen LogP contribution in [0.5, 0.6) is 0 Å². The van der Waals surface area contributed by atoms with Crippen molar-refractivity contribution >= 4 is 31.3 Å². The van der Waals surface area contributed by atoms with E-state index in [0.717, 1.165) is 31.4 Å². The molecule has 0 amide bonds. The Morgan fingerprint density at radius 3 is 2.23 bits per heavy atom. The van der Waals surface area contributed by atoms with E-state index < -0.39 is 35.0 Å². The predicted molar refractivity (Wildman–Crippen MR) is 95.1 cm³/mol. The topological polar surface area (TPSA) is 107 Å². The van der Waals surface area contributed by atoms with Crippen LogP contribution in [0.15, 0.2) is 51.3 Å². The molecule has 0 saturated heterocycles. The zero-order valence-corrected chi connectivity index (χ0v) is 16.1. The van der Waals surface area contributed by atoms with E-state index in [1.54, 1.807) is 6.07 Å². The average molecular weight is 418 g/mol. The molecule has 1 saturated carbocycles. The molecule has 2 aromatic rings. The Morgan fingerprint density at radius 2 is 1.62 bits per heavy atom. The number of hydrogen-bond donors (Lipinski definition) is 1. The van der Waals surface area contributed by atoms with Crippen molar-refractivity contribution in [3.8, 4) is 0 Å². The first-order chi connectivity index (χ1) is 12.2. The number of aromatic amines is 1. The Morgan fingerprint density at radius 1 is 0.962 bits per heavy atom. The molecule has 0 unspecified atom stereocenters. The molecule has 0 bridgehead atoms. The van der Waals surface area contributed by atoms with Crippen LogP contribution in [0, 0.1) is 4.91 Å². The molecule has 1 fully saturated rings. The SMILES string of the molecule is O=[n+]1[nH]c(S(=O)(=O)c2ccccc2Cl)ccc1S(=O)(=O)C1CCCCC1. The first-order valence-electron chi connectivity index (χ1n) is 8.14. The standard InChI is InChI=1S/C16H18ClN2O5S2/c17-13-8-4-5-9-14(13)26(23,24)15-10-11-16(19(20)18-15)25(21,22)12-6-2-1-3-7-12/h4-5,8-12H,1-3,6-7H2,(H,18,20)/q+1. The number of halogens is 1. The summed E-state index contributed by atoms with van der Waals surface area (Å²) in [4.78, 5) is 12.1. The van der Waals surface area contributed by atoms with E-state index in [1.807, 2.05) is 0 Å². The van der Waals surface area contributed by atoms with E-state index in [-0.39, 0.29) is 14.5 Å². The molecular formula is C16H18ClN2O5S2+. The van der Waals surface area contributed by atoms with Crippen LogP contribution in [0.1, 0.15) is 32.1 Å². The molecule has 1 aromatic heterocycles. The lowest BCUT2D eigenvalue weighted by molar-refractivity contribution is -0.610. The number of benzene rings is 1. The predicted octanol–water partition coefficient (Wildman–Crippen LogP) is 2.52. The average Bonchev–Trinajstić information content (AvgIpc) is 2.62. The minimum Gasteiger partial charge on any atom is -0.217 e. The second-order valence-electron chi connectivity index (χ2n) is 6.18. The molecule has 26 heavy (non-hydrogen) atoms. The second kappa shape index (κ2) is 7.13. The van der Waals surface area contributed by atoms with Crippen LogP contribution in [0.25, 0.3) is 0 Å². The molecule has 1 heterocycles. The van der Waals surface area contributed by atoms with Crippen molar-refractivity contribution in [1.82, 2.24) is 5.10 Å². The summed E-state index contributed by atoms with van der Waals surface area (Å²) in [6.45, 7) is 0. The molecule has 1 aromatic carbocycles. The van der Waals surface area contributed by atoms with E-state index in [9.17, 15) is 21.7 Å². The highest BCUT2D eigenvalue weighted by Gasteiger charge is 2.37. The lowest BCUT2D eigenvalue weighted by atomic mass is 10.0. The molecule has 140 valence electrons. The van der Waals surface area contributed by atoms with Gasteiger partial charge in [-0.05, 0) is 31.0 Å². The molecule has 0 radical (unpaired) electrons. The summed E-state index contributed by atoms with van der Waals surface area (Å²) in [6, 6.07) is 7.94. The van der Waals surface area contributed by atoms with Crippen molar-refractivity contribution < 1.29 is 21.4 Å². The van der Waals surface area contributed by atoms with E-state index in [1.165, 1.54) is 18.2 Å². The second-order valence-corrected chi connectivity index (χ2v) is 10.6. The number of sulfone groups is 2. The van der Waals surface area contributed by atoms with Crippen LogP contribution in [0.4, 0.5) is 0 Å². The number of aromatic nitrogens is 2. The van der Waals surface area contributed by atoms with Crippen molar-refractivity contribution in [2.75, 3.05) is 0 Å². The highest BCUT2D eigenvalue weighted by molar-refractivity contribution is 7.92. The van der Waals surface area contributed by atoms with Crippen LogP contribution < -0.4 is 4.54 Å². The monoisotopic (exact) mass is 417 g/mol. The maximum atomic E-state index is 12.7. The Bertz CT molecular complexity index is 1090. The molecular weight excluding hydrogens is 400 g/mol. The largest absolute Gasteiger partial charge is 0.382 e. The van der Waals surface area contributed by atoms with Gasteiger partial charge >= 0.3 is 5.03 Å². The highest BCUT2D eigenvalue weighted by atomic mass is 35.5. The number of hydrogen-bond acceptors (Lipinski definition) is 5. The lowest BCUT2D eigenvalue weighted by Crippen LogP contribution is -2.35. The van der Waals surface area contributed by atoms with Crippen molar-refractivity contribution in [3.63, 3.8) is 0 Å². The molecule has 1 aliphatic rings. The van der Waals surface area contributed by atoms with Crippen LogP contribution in [0.3, 0.4) is 0 Å². The third-order valence-electron chi connectivity index (χ3n) is 4.49. The summed E-state index contributed by atoms with van der Waals surface area (Å²) < 4.78 is 50.7. The van der Waals surface area contributed by atoms with Crippen molar-refractivity contribution in [2.24, 2.45) is 0 Å². The van der Waals surface area contributed by atoms with Crippen LogP contribution in [0.2, 0.25) is 5.02 Å². The maximum absolute atomic E-state index is 12.7. The van der Waals surface area contributed by atoms with E-state index in [0.29, 0.717) is 12.8 Å².